The Morgan fingerprint density at radius 3 is 1.78 bits per heavy atom. The van der Waals surface area contributed by atoms with E-state index in [4.69, 9.17) is 0 Å². The third-order valence-corrected chi connectivity index (χ3v) is 12.1. The first-order chi connectivity index (χ1) is 27.3. The van der Waals surface area contributed by atoms with Crippen molar-refractivity contribution in [1.29, 1.82) is 0 Å². The van der Waals surface area contributed by atoms with Crippen molar-refractivity contribution in [3.8, 4) is 27.9 Å². The number of benzene rings is 9. The lowest BCUT2D eigenvalue weighted by Gasteiger charge is -2.28. The fourth-order valence-electron chi connectivity index (χ4n) is 8.45. The smallest absolute Gasteiger partial charge is 0.0554 e. The lowest BCUT2D eigenvalue weighted by Crippen LogP contribution is -2.11. The van der Waals surface area contributed by atoms with Crippen LogP contribution in [0.1, 0.15) is 0 Å². The van der Waals surface area contributed by atoms with Gasteiger partial charge in [0.15, 0.2) is 0 Å². The van der Waals surface area contributed by atoms with E-state index in [2.05, 4.69) is 216 Å². The van der Waals surface area contributed by atoms with Crippen molar-refractivity contribution < 1.29 is 0 Å². The zero-order valence-electron chi connectivity index (χ0n) is 29.9. The second-order valence-electron chi connectivity index (χ2n) is 14.1. The number of rotatable bonds is 6. The van der Waals surface area contributed by atoms with Gasteiger partial charge in [-0.1, -0.05) is 133 Å². The number of hydrogen-bond donors (Lipinski definition) is 0. The van der Waals surface area contributed by atoms with Crippen LogP contribution in [0.5, 0.6) is 0 Å². The van der Waals surface area contributed by atoms with Crippen LogP contribution in [0.3, 0.4) is 0 Å². The minimum Gasteiger partial charge on any atom is -0.310 e. The average Bonchev–Trinajstić information content (AvgIpc) is 3.80. The van der Waals surface area contributed by atoms with Crippen LogP contribution in [0, 0.1) is 0 Å². The largest absolute Gasteiger partial charge is 0.310 e. The van der Waals surface area contributed by atoms with E-state index in [-0.39, 0.29) is 0 Å². The van der Waals surface area contributed by atoms with Gasteiger partial charge in [-0.2, -0.15) is 0 Å². The molecule has 0 aliphatic heterocycles. The molecule has 0 spiro atoms. The molecule has 258 valence electrons. The van der Waals surface area contributed by atoms with Crippen LogP contribution < -0.4 is 4.90 Å². The highest BCUT2D eigenvalue weighted by molar-refractivity contribution is 7.26. The predicted octanol–water partition coefficient (Wildman–Crippen LogP) is 15.1. The number of hydrogen-bond acceptors (Lipinski definition) is 2. The van der Waals surface area contributed by atoms with Gasteiger partial charge in [0.05, 0.1) is 16.7 Å². The number of para-hydroxylation sites is 1. The molecule has 11 aromatic rings. The van der Waals surface area contributed by atoms with Gasteiger partial charge >= 0.3 is 0 Å². The van der Waals surface area contributed by atoms with Gasteiger partial charge in [0.25, 0.3) is 0 Å². The number of nitrogens with zero attached hydrogens (tertiary/aromatic N) is 2. The average molecular weight is 719 g/mol. The third kappa shape index (κ3) is 5.24. The number of aromatic nitrogens is 1. The second-order valence-corrected chi connectivity index (χ2v) is 15.2. The van der Waals surface area contributed by atoms with Crippen molar-refractivity contribution in [3.63, 3.8) is 0 Å². The van der Waals surface area contributed by atoms with Crippen LogP contribution in [0.25, 0.3) is 80.7 Å². The van der Waals surface area contributed by atoms with E-state index in [1.54, 1.807) is 0 Å². The summed E-state index contributed by atoms with van der Waals surface area (Å²) < 4.78 is 4.99. The number of thiophene rings is 1. The molecule has 0 aliphatic rings. The third-order valence-electron chi connectivity index (χ3n) is 11.0. The van der Waals surface area contributed by atoms with Gasteiger partial charge in [-0.15, -0.1) is 11.3 Å². The van der Waals surface area contributed by atoms with Gasteiger partial charge in [-0.25, -0.2) is 0 Å². The maximum Gasteiger partial charge on any atom is 0.0554 e. The lowest BCUT2D eigenvalue weighted by atomic mass is 9.93. The molecule has 0 atom stereocenters. The SMILES string of the molecule is c1ccc(-c2ccc(N(c3ccc(-n4c5ccccc5c5cc6ccccc6cc54)cc3)c3cccc4sc5ccccc5c34)cc2-c2ccccc2)cc1. The Kier molecular flexibility index (Phi) is 7.39. The topological polar surface area (TPSA) is 8.17 Å². The zero-order valence-corrected chi connectivity index (χ0v) is 30.7. The minimum absolute atomic E-state index is 1.10. The van der Waals surface area contributed by atoms with E-state index in [0.29, 0.717) is 0 Å². The lowest BCUT2D eigenvalue weighted by molar-refractivity contribution is 1.18. The molecule has 0 saturated heterocycles. The summed E-state index contributed by atoms with van der Waals surface area (Å²) in [4.78, 5) is 2.45. The molecule has 2 nitrogen and oxygen atoms in total. The Labute approximate surface area is 323 Å². The summed E-state index contributed by atoms with van der Waals surface area (Å²) in [7, 11) is 0. The molecular formula is C52H34N2S. The second kappa shape index (κ2) is 12.9. The van der Waals surface area contributed by atoms with Crippen LogP contribution >= 0.6 is 11.3 Å². The standard InChI is InChI=1S/C52H34N2S/c1-3-14-35(15-4-1)42-31-30-41(34-45(42)36-16-5-2-6-17-36)53(48-23-13-25-51-52(48)44-21-10-12-24-50(44)55-51)39-26-28-40(29-27-39)54-47-22-11-9-20-43(47)46-32-37-18-7-8-19-38(37)33-49(46)54/h1-34H. The molecule has 0 unspecified atom stereocenters. The quantitative estimate of drug-likeness (QED) is 0.166. The van der Waals surface area contributed by atoms with E-state index >= 15 is 0 Å². The molecule has 3 heteroatoms. The highest BCUT2D eigenvalue weighted by atomic mass is 32.1. The molecule has 11 rings (SSSR count). The summed E-state index contributed by atoms with van der Waals surface area (Å²) in [6, 6.07) is 75.2. The molecule has 0 saturated carbocycles. The number of anilines is 3. The van der Waals surface area contributed by atoms with Crippen LogP contribution in [0.4, 0.5) is 17.1 Å². The molecule has 0 bridgehead atoms. The highest BCUT2D eigenvalue weighted by Gasteiger charge is 2.21. The van der Waals surface area contributed by atoms with E-state index in [9.17, 15) is 0 Å². The summed E-state index contributed by atoms with van der Waals surface area (Å²) in [6.07, 6.45) is 0. The summed E-state index contributed by atoms with van der Waals surface area (Å²) in [6.45, 7) is 0. The maximum atomic E-state index is 2.45. The Morgan fingerprint density at radius 1 is 0.382 bits per heavy atom. The monoisotopic (exact) mass is 718 g/mol. The van der Waals surface area contributed by atoms with Gasteiger partial charge in [-0.3, -0.25) is 0 Å². The van der Waals surface area contributed by atoms with Crippen LogP contribution in [0.15, 0.2) is 206 Å². The zero-order chi connectivity index (χ0) is 36.3. The summed E-state index contributed by atoms with van der Waals surface area (Å²) >= 11 is 1.86. The normalized spacial score (nSPS) is 11.6. The maximum absolute atomic E-state index is 2.45. The summed E-state index contributed by atoms with van der Waals surface area (Å²) in [5.74, 6) is 0. The van der Waals surface area contributed by atoms with Crippen LogP contribution in [-0.2, 0) is 0 Å². The van der Waals surface area contributed by atoms with Gasteiger partial charge in [0.1, 0.15) is 0 Å². The van der Waals surface area contributed by atoms with E-state index in [1.165, 1.54) is 75.0 Å². The van der Waals surface area contributed by atoms with Gasteiger partial charge in [-0.05, 0) is 106 Å². The van der Waals surface area contributed by atoms with Gasteiger partial charge < -0.3 is 9.47 Å². The van der Waals surface area contributed by atoms with E-state index < -0.39 is 0 Å². The Morgan fingerprint density at radius 2 is 1.00 bits per heavy atom. The van der Waals surface area contributed by atoms with E-state index in [0.717, 1.165) is 22.7 Å². The molecule has 2 aromatic heterocycles. The van der Waals surface area contributed by atoms with Gasteiger partial charge in [0, 0.05) is 48.0 Å². The summed E-state index contributed by atoms with van der Waals surface area (Å²) in [5.41, 5.74) is 11.7. The predicted molar refractivity (Wildman–Crippen MR) is 237 cm³/mol. The molecule has 0 N–H and O–H groups in total. The molecular weight excluding hydrogens is 685 g/mol. The molecule has 0 amide bonds. The van der Waals surface area contributed by atoms with Crippen molar-refractivity contribution in [2.24, 2.45) is 0 Å². The Balaban J connectivity index is 1.14. The summed E-state index contributed by atoms with van der Waals surface area (Å²) in [5, 5.41) is 7.58. The number of fused-ring (bicyclic) bond motifs is 7. The Hall–Kier alpha value is -6.94. The molecule has 0 radical (unpaired) electrons. The van der Waals surface area contributed by atoms with Crippen molar-refractivity contribution in [2.75, 3.05) is 4.90 Å². The first kappa shape index (κ1) is 31.6. The van der Waals surface area contributed by atoms with Crippen LogP contribution in [-0.4, -0.2) is 4.57 Å². The molecule has 2 heterocycles. The minimum atomic E-state index is 1.10. The van der Waals surface area contributed by atoms with E-state index in [1.807, 2.05) is 11.3 Å². The van der Waals surface area contributed by atoms with Crippen molar-refractivity contribution >= 4 is 81.1 Å². The highest BCUT2D eigenvalue weighted by Crippen LogP contribution is 2.47. The molecule has 55 heavy (non-hydrogen) atoms. The van der Waals surface area contributed by atoms with Crippen molar-refractivity contribution in [3.05, 3.63) is 206 Å². The first-order valence-corrected chi connectivity index (χ1v) is 19.6. The van der Waals surface area contributed by atoms with Crippen molar-refractivity contribution in [2.45, 2.75) is 0 Å². The van der Waals surface area contributed by atoms with Gasteiger partial charge in [0.2, 0.25) is 0 Å². The van der Waals surface area contributed by atoms with Crippen molar-refractivity contribution in [1.82, 2.24) is 4.57 Å². The molecule has 0 fully saturated rings. The Bertz CT molecular complexity index is 3190. The fraction of sp³-hybridized carbons (Fsp3) is 0. The van der Waals surface area contributed by atoms with Crippen LogP contribution in [0.2, 0.25) is 0 Å². The first-order valence-electron chi connectivity index (χ1n) is 18.8. The molecule has 9 aromatic carbocycles. The molecule has 0 aliphatic carbocycles. The fourth-order valence-corrected chi connectivity index (χ4v) is 9.58.